The molecule has 1 heterocycles. The summed E-state index contributed by atoms with van der Waals surface area (Å²) in [6.07, 6.45) is 7.02. The van der Waals surface area contributed by atoms with Crippen LogP contribution < -0.4 is 0 Å². The first kappa shape index (κ1) is 18.4. The fourth-order valence-electron chi connectivity index (χ4n) is 3.50. The van der Waals surface area contributed by atoms with Crippen LogP contribution in [0.1, 0.15) is 31.7 Å². The highest BCUT2D eigenvalue weighted by Crippen LogP contribution is 2.31. The van der Waals surface area contributed by atoms with Crippen molar-refractivity contribution in [1.82, 2.24) is 0 Å². The quantitative estimate of drug-likeness (QED) is 0.739. The van der Waals surface area contributed by atoms with E-state index in [1.54, 1.807) is 6.07 Å². The van der Waals surface area contributed by atoms with Gasteiger partial charge in [0.2, 0.25) is 0 Å². The SMILES string of the molecule is C=C(CO)C1=CCOC1CC/C(=C/c1ccc(O)c2ccccc12)CC. The Hall–Kier alpha value is -2.36. The molecule has 0 aliphatic carbocycles. The minimum atomic E-state index is -0.0261. The van der Waals surface area contributed by atoms with Gasteiger partial charge in [-0.1, -0.05) is 61.6 Å². The number of ether oxygens (including phenoxy) is 1. The van der Waals surface area contributed by atoms with Crippen molar-refractivity contribution >= 4 is 16.8 Å². The molecule has 1 aliphatic heterocycles. The van der Waals surface area contributed by atoms with Gasteiger partial charge in [0.1, 0.15) is 5.75 Å². The molecule has 0 bridgehead atoms. The number of hydrogen-bond acceptors (Lipinski definition) is 3. The molecule has 1 atom stereocenters. The average Bonchev–Trinajstić information content (AvgIpc) is 3.15. The number of allylic oxidation sites excluding steroid dienone is 1. The van der Waals surface area contributed by atoms with Crippen molar-refractivity contribution < 1.29 is 14.9 Å². The first-order chi connectivity index (χ1) is 12.6. The molecule has 2 N–H and O–H groups in total. The normalized spacial score (nSPS) is 17.5. The van der Waals surface area contributed by atoms with Crippen molar-refractivity contribution in [1.29, 1.82) is 0 Å². The molecule has 2 aromatic rings. The van der Waals surface area contributed by atoms with E-state index in [1.165, 1.54) is 5.57 Å². The lowest BCUT2D eigenvalue weighted by Crippen LogP contribution is -2.13. The second-order valence-electron chi connectivity index (χ2n) is 6.66. The molecule has 0 aromatic heterocycles. The summed E-state index contributed by atoms with van der Waals surface area (Å²) in [5.74, 6) is 0.312. The molecule has 0 spiro atoms. The smallest absolute Gasteiger partial charge is 0.123 e. The van der Waals surface area contributed by atoms with E-state index in [1.807, 2.05) is 36.4 Å². The van der Waals surface area contributed by atoms with Crippen molar-refractivity contribution in [2.24, 2.45) is 0 Å². The third-order valence-electron chi connectivity index (χ3n) is 5.02. The predicted molar refractivity (Wildman–Crippen MR) is 107 cm³/mol. The molecule has 26 heavy (non-hydrogen) atoms. The molecule has 1 unspecified atom stereocenters. The van der Waals surface area contributed by atoms with Gasteiger partial charge in [0, 0.05) is 5.39 Å². The van der Waals surface area contributed by atoms with Gasteiger partial charge >= 0.3 is 0 Å². The highest BCUT2D eigenvalue weighted by molar-refractivity contribution is 5.94. The molecule has 3 heteroatoms. The number of aromatic hydroxyl groups is 1. The zero-order valence-corrected chi connectivity index (χ0v) is 15.2. The molecule has 0 radical (unpaired) electrons. The molecule has 3 rings (SSSR count). The van der Waals surface area contributed by atoms with Gasteiger partial charge in [-0.2, -0.15) is 0 Å². The van der Waals surface area contributed by atoms with E-state index in [9.17, 15) is 10.2 Å². The number of phenolic OH excluding ortho intramolecular Hbond substituents is 1. The Morgan fingerprint density at radius 1 is 1.23 bits per heavy atom. The van der Waals surface area contributed by atoms with Crippen LogP contribution in [-0.4, -0.2) is 29.5 Å². The van der Waals surface area contributed by atoms with E-state index in [4.69, 9.17) is 4.74 Å². The number of aliphatic hydroxyl groups is 1. The lowest BCUT2D eigenvalue weighted by Gasteiger charge is -2.16. The summed E-state index contributed by atoms with van der Waals surface area (Å²) < 4.78 is 5.79. The Bertz CT molecular complexity index is 861. The van der Waals surface area contributed by atoms with Crippen molar-refractivity contribution in [2.45, 2.75) is 32.3 Å². The van der Waals surface area contributed by atoms with Gasteiger partial charge in [-0.15, -0.1) is 0 Å². The molecule has 0 saturated heterocycles. The van der Waals surface area contributed by atoms with Crippen LogP contribution in [0.2, 0.25) is 0 Å². The van der Waals surface area contributed by atoms with Crippen LogP contribution >= 0.6 is 0 Å². The van der Waals surface area contributed by atoms with Gasteiger partial charge in [-0.05, 0) is 47.4 Å². The maximum absolute atomic E-state index is 10.1. The van der Waals surface area contributed by atoms with Gasteiger partial charge in [0.15, 0.2) is 0 Å². The molecule has 0 fully saturated rings. The van der Waals surface area contributed by atoms with Crippen LogP contribution in [0.4, 0.5) is 0 Å². The standard InChI is InChI=1S/C23H26O3/c1-3-17(8-11-23-19(12-13-26-23)16(2)15-24)14-18-9-10-22(25)21-7-5-4-6-20(18)21/h4-7,9-10,12,14,23-25H,2-3,8,11,13,15H2,1H3/b17-14+. The van der Waals surface area contributed by atoms with Crippen molar-refractivity contribution in [3.05, 3.63) is 71.3 Å². The number of hydrogen-bond donors (Lipinski definition) is 2. The number of aliphatic hydroxyl groups excluding tert-OH is 1. The van der Waals surface area contributed by atoms with Gasteiger partial charge in [-0.3, -0.25) is 0 Å². The summed E-state index contributed by atoms with van der Waals surface area (Å²) in [6, 6.07) is 11.6. The van der Waals surface area contributed by atoms with E-state index >= 15 is 0 Å². The summed E-state index contributed by atoms with van der Waals surface area (Å²) in [6.45, 7) is 6.65. The fraction of sp³-hybridized carbons (Fsp3) is 0.304. The molecular weight excluding hydrogens is 324 g/mol. The molecule has 136 valence electrons. The molecule has 1 aliphatic rings. The largest absolute Gasteiger partial charge is 0.507 e. The van der Waals surface area contributed by atoms with Gasteiger partial charge in [-0.25, -0.2) is 0 Å². The first-order valence-corrected chi connectivity index (χ1v) is 9.14. The number of phenols is 1. The van der Waals surface area contributed by atoms with Crippen LogP contribution in [-0.2, 0) is 4.74 Å². The van der Waals surface area contributed by atoms with E-state index in [2.05, 4.69) is 19.6 Å². The highest BCUT2D eigenvalue weighted by atomic mass is 16.5. The Morgan fingerprint density at radius 3 is 2.73 bits per heavy atom. The number of fused-ring (bicyclic) bond motifs is 1. The lowest BCUT2D eigenvalue weighted by molar-refractivity contribution is 0.115. The topological polar surface area (TPSA) is 49.7 Å². The maximum atomic E-state index is 10.1. The third kappa shape index (κ3) is 3.90. The van der Waals surface area contributed by atoms with Crippen LogP contribution in [0.25, 0.3) is 16.8 Å². The van der Waals surface area contributed by atoms with E-state index in [0.717, 1.165) is 46.7 Å². The number of rotatable bonds is 7. The van der Waals surface area contributed by atoms with Crippen molar-refractivity contribution in [3.8, 4) is 5.75 Å². The summed E-state index contributed by atoms with van der Waals surface area (Å²) in [4.78, 5) is 0. The Morgan fingerprint density at radius 2 is 2.00 bits per heavy atom. The summed E-state index contributed by atoms with van der Waals surface area (Å²) >= 11 is 0. The monoisotopic (exact) mass is 350 g/mol. The first-order valence-electron chi connectivity index (χ1n) is 9.14. The van der Waals surface area contributed by atoms with Crippen LogP contribution in [0, 0.1) is 0 Å². The Kier molecular flexibility index (Phi) is 5.92. The second kappa shape index (κ2) is 8.35. The highest BCUT2D eigenvalue weighted by Gasteiger charge is 2.21. The molecular formula is C23H26O3. The molecule has 0 saturated carbocycles. The molecule has 2 aromatic carbocycles. The van der Waals surface area contributed by atoms with Crippen molar-refractivity contribution in [2.75, 3.05) is 13.2 Å². The average molecular weight is 350 g/mol. The summed E-state index contributed by atoms with van der Waals surface area (Å²) in [5, 5.41) is 21.3. The van der Waals surface area contributed by atoms with Crippen LogP contribution in [0.3, 0.4) is 0 Å². The van der Waals surface area contributed by atoms with Crippen LogP contribution in [0.15, 0.2) is 65.8 Å². The van der Waals surface area contributed by atoms with E-state index < -0.39 is 0 Å². The van der Waals surface area contributed by atoms with E-state index in [0.29, 0.717) is 12.4 Å². The molecule has 3 nitrogen and oxygen atoms in total. The van der Waals surface area contributed by atoms with Gasteiger partial charge in [0.05, 0.1) is 19.3 Å². The second-order valence-corrected chi connectivity index (χ2v) is 6.66. The zero-order chi connectivity index (χ0) is 18.5. The van der Waals surface area contributed by atoms with Crippen LogP contribution in [0.5, 0.6) is 5.75 Å². The molecule has 0 amide bonds. The van der Waals surface area contributed by atoms with E-state index in [-0.39, 0.29) is 12.7 Å². The van der Waals surface area contributed by atoms with Crippen molar-refractivity contribution in [3.63, 3.8) is 0 Å². The predicted octanol–water partition coefficient (Wildman–Crippen LogP) is 4.99. The fourth-order valence-corrected chi connectivity index (χ4v) is 3.50. The minimum absolute atomic E-state index is 0.0150. The Balaban J connectivity index is 1.79. The third-order valence-corrected chi connectivity index (χ3v) is 5.02. The Labute approximate surface area is 154 Å². The van der Waals surface area contributed by atoms with Gasteiger partial charge in [0.25, 0.3) is 0 Å². The number of benzene rings is 2. The maximum Gasteiger partial charge on any atom is 0.123 e. The zero-order valence-electron chi connectivity index (χ0n) is 15.2. The minimum Gasteiger partial charge on any atom is -0.507 e. The van der Waals surface area contributed by atoms with Gasteiger partial charge < -0.3 is 14.9 Å². The summed E-state index contributed by atoms with van der Waals surface area (Å²) in [7, 11) is 0. The lowest BCUT2D eigenvalue weighted by atomic mass is 9.95. The summed E-state index contributed by atoms with van der Waals surface area (Å²) in [5.41, 5.74) is 4.25.